The zero-order valence-corrected chi connectivity index (χ0v) is 12.7. The van der Waals surface area contributed by atoms with E-state index in [9.17, 15) is 8.42 Å². The van der Waals surface area contributed by atoms with Gasteiger partial charge in [-0.05, 0) is 31.9 Å². The summed E-state index contributed by atoms with van der Waals surface area (Å²) >= 11 is 0. The third-order valence-electron chi connectivity index (χ3n) is 3.55. The van der Waals surface area contributed by atoms with Gasteiger partial charge < -0.3 is 5.32 Å². The Morgan fingerprint density at radius 1 is 1.38 bits per heavy atom. The van der Waals surface area contributed by atoms with E-state index in [1.165, 1.54) is 0 Å². The Labute approximate surface area is 123 Å². The Kier molecular flexibility index (Phi) is 3.67. The SMILES string of the molecule is Cc1nc(-c2cccc(NC3CCCS(=O)(=O)C3)c2)n[nH]1. The number of aromatic nitrogens is 3. The van der Waals surface area contributed by atoms with Gasteiger partial charge in [-0.3, -0.25) is 5.10 Å². The number of nitrogens with zero attached hydrogens (tertiary/aromatic N) is 2. The van der Waals surface area contributed by atoms with Crippen molar-refractivity contribution in [2.75, 3.05) is 16.8 Å². The lowest BCUT2D eigenvalue weighted by atomic mass is 10.1. The average molecular weight is 306 g/mol. The van der Waals surface area contributed by atoms with E-state index in [0.717, 1.165) is 29.9 Å². The summed E-state index contributed by atoms with van der Waals surface area (Å²) in [7, 11) is -2.90. The molecule has 1 aliphatic rings. The van der Waals surface area contributed by atoms with Crippen molar-refractivity contribution in [2.45, 2.75) is 25.8 Å². The molecule has 0 amide bonds. The Morgan fingerprint density at radius 2 is 2.24 bits per heavy atom. The molecule has 3 rings (SSSR count). The van der Waals surface area contributed by atoms with Gasteiger partial charge in [-0.25, -0.2) is 13.4 Å². The second kappa shape index (κ2) is 5.48. The highest BCUT2D eigenvalue weighted by atomic mass is 32.2. The van der Waals surface area contributed by atoms with E-state index in [1.807, 2.05) is 31.2 Å². The maximum absolute atomic E-state index is 11.7. The molecule has 1 unspecified atom stereocenters. The lowest BCUT2D eigenvalue weighted by Gasteiger charge is -2.24. The van der Waals surface area contributed by atoms with E-state index in [1.54, 1.807) is 0 Å². The lowest BCUT2D eigenvalue weighted by molar-refractivity contribution is 0.562. The summed E-state index contributed by atoms with van der Waals surface area (Å²) in [6.07, 6.45) is 1.60. The van der Waals surface area contributed by atoms with Gasteiger partial charge in [0.05, 0.1) is 11.5 Å². The van der Waals surface area contributed by atoms with Gasteiger partial charge in [0.15, 0.2) is 15.7 Å². The first-order valence-electron chi connectivity index (χ1n) is 6.98. The minimum atomic E-state index is -2.90. The molecular weight excluding hydrogens is 288 g/mol. The van der Waals surface area contributed by atoms with Crippen LogP contribution in [0, 0.1) is 6.92 Å². The minimum Gasteiger partial charge on any atom is -0.381 e. The molecule has 7 heteroatoms. The largest absolute Gasteiger partial charge is 0.381 e. The fraction of sp³-hybridized carbons (Fsp3) is 0.429. The first-order valence-corrected chi connectivity index (χ1v) is 8.80. The van der Waals surface area contributed by atoms with Crippen LogP contribution in [0.2, 0.25) is 0 Å². The Hall–Kier alpha value is -1.89. The maximum atomic E-state index is 11.7. The van der Waals surface area contributed by atoms with Gasteiger partial charge in [-0.15, -0.1) is 0 Å². The molecule has 2 heterocycles. The van der Waals surface area contributed by atoms with Crippen LogP contribution in [0.25, 0.3) is 11.4 Å². The molecule has 2 N–H and O–H groups in total. The van der Waals surface area contributed by atoms with Gasteiger partial charge in [-0.2, -0.15) is 5.10 Å². The molecule has 112 valence electrons. The van der Waals surface area contributed by atoms with E-state index in [0.29, 0.717) is 11.6 Å². The number of aryl methyl sites for hydroxylation is 1. The summed E-state index contributed by atoms with van der Waals surface area (Å²) < 4.78 is 23.4. The topological polar surface area (TPSA) is 87.7 Å². The molecule has 1 aromatic heterocycles. The summed E-state index contributed by atoms with van der Waals surface area (Å²) in [5.74, 6) is 1.92. The summed E-state index contributed by atoms with van der Waals surface area (Å²) in [6, 6.07) is 7.72. The van der Waals surface area contributed by atoms with Gasteiger partial charge >= 0.3 is 0 Å². The molecule has 0 spiro atoms. The van der Waals surface area contributed by atoms with Gasteiger partial charge in [-0.1, -0.05) is 12.1 Å². The molecule has 6 nitrogen and oxygen atoms in total. The van der Waals surface area contributed by atoms with Gasteiger partial charge in [0, 0.05) is 17.3 Å². The number of benzene rings is 1. The highest BCUT2D eigenvalue weighted by Crippen LogP contribution is 2.22. The van der Waals surface area contributed by atoms with Crippen LogP contribution in [0.5, 0.6) is 0 Å². The summed E-state index contributed by atoms with van der Waals surface area (Å²) in [5, 5.41) is 10.3. The molecule has 1 aliphatic heterocycles. The molecule has 0 radical (unpaired) electrons. The van der Waals surface area contributed by atoms with Crippen LogP contribution in [0.1, 0.15) is 18.7 Å². The monoisotopic (exact) mass is 306 g/mol. The molecule has 0 bridgehead atoms. The van der Waals surface area contributed by atoms with Crippen molar-refractivity contribution in [1.29, 1.82) is 0 Å². The van der Waals surface area contributed by atoms with Crippen LogP contribution in [0.3, 0.4) is 0 Å². The van der Waals surface area contributed by atoms with Gasteiger partial charge in [0.2, 0.25) is 0 Å². The molecular formula is C14H18N4O2S. The lowest BCUT2D eigenvalue weighted by Crippen LogP contribution is -2.34. The first kappa shape index (κ1) is 14.1. The van der Waals surface area contributed by atoms with Crippen LogP contribution >= 0.6 is 0 Å². The number of aromatic amines is 1. The maximum Gasteiger partial charge on any atom is 0.181 e. The molecule has 2 aromatic rings. The second-order valence-corrected chi connectivity index (χ2v) is 7.65. The highest BCUT2D eigenvalue weighted by molar-refractivity contribution is 7.91. The van der Waals surface area contributed by atoms with Crippen molar-refractivity contribution in [3.63, 3.8) is 0 Å². The van der Waals surface area contributed by atoms with Gasteiger partial charge in [0.25, 0.3) is 0 Å². The Balaban J connectivity index is 1.77. The Morgan fingerprint density at radius 3 is 2.95 bits per heavy atom. The fourth-order valence-electron chi connectivity index (χ4n) is 2.59. The molecule has 0 saturated carbocycles. The molecule has 1 aromatic carbocycles. The van der Waals surface area contributed by atoms with E-state index in [4.69, 9.17) is 0 Å². The summed E-state index contributed by atoms with van der Waals surface area (Å²) in [5.41, 5.74) is 1.81. The summed E-state index contributed by atoms with van der Waals surface area (Å²) in [6.45, 7) is 1.85. The minimum absolute atomic E-state index is 0.0205. The zero-order valence-electron chi connectivity index (χ0n) is 11.8. The Bertz CT molecular complexity index is 739. The molecule has 0 aliphatic carbocycles. The normalized spacial score (nSPS) is 21.1. The number of anilines is 1. The van der Waals surface area contributed by atoms with E-state index < -0.39 is 9.84 Å². The van der Waals surface area contributed by atoms with Crippen LogP contribution in [0.15, 0.2) is 24.3 Å². The van der Waals surface area contributed by atoms with E-state index in [-0.39, 0.29) is 11.8 Å². The van der Waals surface area contributed by atoms with Crippen LogP contribution in [-0.4, -0.2) is 41.1 Å². The molecule has 1 atom stereocenters. The number of hydrogen-bond acceptors (Lipinski definition) is 5. The van der Waals surface area contributed by atoms with Crippen molar-refractivity contribution < 1.29 is 8.42 Å². The number of nitrogens with one attached hydrogen (secondary N) is 2. The number of H-pyrrole nitrogens is 1. The van der Waals surface area contributed by atoms with Crippen molar-refractivity contribution >= 4 is 15.5 Å². The molecule has 1 saturated heterocycles. The van der Waals surface area contributed by atoms with E-state index >= 15 is 0 Å². The molecule has 21 heavy (non-hydrogen) atoms. The van der Waals surface area contributed by atoms with Crippen molar-refractivity contribution in [1.82, 2.24) is 15.2 Å². The smallest absolute Gasteiger partial charge is 0.181 e. The van der Waals surface area contributed by atoms with Crippen LogP contribution in [-0.2, 0) is 9.84 Å². The van der Waals surface area contributed by atoms with Crippen LogP contribution in [0.4, 0.5) is 5.69 Å². The molecule has 1 fully saturated rings. The number of hydrogen-bond donors (Lipinski definition) is 2. The van der Waals surface area contributed by atoms with Crippen molar-refractivity contribution in [3.8, 4) is 11.4 Å². The number of rotatable bonds is 3. The van der Waals surface area contributed by atoms with Crippen molar-refractivity contribution in [3.05, 3.63) is 30.1 Å². The second-order valence-electron chi connectivity index (χ2n) is 5.42. The number of sulfone groups is 1. The predicted molar refractivity (Wildman–Crippen MR) is 81.9 cm³/mol. The fourth-order valence-corrected chi connectivity index (χ4v) is 4.23. The highest BCUT2D eigenvalue weighted by Gasteiger charge is 2.24. The standard InChI is InChI=1S/C14H18N4O2S/c1-10-15-14(18-17-10)11-4-2-5-12(8-11)16-13-6-3-7-21(19,20)9-13/h2,4-5,8,13,16H,3,6-7,9H2,1H3,(H,15,17,18). The summed E-state index contributed by atoms with van der Waals surface area (Å²) in [4.78, 5) is 4.30. The first-order chi connectivity index (χ1) is 10.0. The van der Waals surface area contributed by atoms with Crippen molar-refractivity contribution in [2.24, 2.45) is 0 Å². The predicted octanol–water partition coefficient (Wildman–Crippen LogP) is 1.77. The quantitative estimate of drug-likeness (QED) is 0.902. The third-order valence-corrected chi connectivity index (χ3v) is 5.37. The average Bonchev–Trinajstić information content (AvgIpc) is 2.85. The third kappa shape index (κ3) is 3.41. The van der Waals surface area contributed by atoms with E-state index in [2.05, 4.69) is 20.5 Å². The zero-order chi connectivity index (χ0) is 14.9. The van der Waals surface area contributed by atoms with Gasteiger partial charge in [0.1, 0.15) is 5.82 Å². The van der Waals surface area contributed by atoms with Crippen LogP contribution < -0.4 is 5.32 Å².